The molecule has 3 aromatic rings. The van der Waals surface area contributed by atoms with Crippen molar-refractivity contribution in [1.29, 1.82) is 0 Å². The SMILES string of the molecule is NNC(=O)c1cn(C(=O)COc2ccc(Br)cc2)c2ccccc12. The van der Waals surface area contributed by atoms with Gasteiger partial charge in [0.05, 0.1) is 11.1 Å². The lowest BCUT2D eigenvalue weighted by molar-refractivity contribution is 0.0843. The summed E-state index contributed by atoms with van der Waals surface area (Å²) in [6.45, 7) is -0.149. The zero-order chi connectivity index (χ0) is 17.1. The standard InChI is InChI=1S/C17H14BrN3O3/c18-11-5-7-12(8-6-11)24-10-16(22)21-9-14(17(23)20-19)13-3-1-2-4-15(13)21/h1-9H,10,19H2,(H,20,23). The van der Waals surface area contributed by atoms with Crippen molar-refractivity contribution < 1.29 is 14.3 Å². The van der Waals surface area contributed by atoms with E-state index in [9.17, 15) is 9.59 Å². The van der Waals surface area contributed by atoms with Crippen LogP contribution < -0.4 is 16.0 Å². The molecule has 0 unspecified atom stereocenters. The summed E-state index contributed by atoms with van der Waals surface area (Å²) in [6.07, 6.45) is 1.47. The minimum Gasteiger partial charge on any atom is -0.484 e. The van der Waals surface area contributed by atoms with Crippen molar-refractivity contribution in [2.45, 2.75) is 0 Å². The van der Waals surface area contributed by atoms with Crippen molar-refractivity contribution in [1.82, 2.24) is 9.99 Å². The number of hydrazine groups is 1. The Hall–Kier alpha value is -2.64. The number of nitrogens with two attached hydrogens (primary N) is 1. The second-order valence-corrected chi connectivity index (χ2v) is 5.96. The van der Waals surface area contributed by atoms with E-state index < -0.39 is 5.91 Å². The van der Waals surface area contributed by atoms with E-state index in [4.69, 9.17) is 10.6 Å². The van der Waals surface area contributed by atoms with Crippen LogP contribution in [-0.4, -0.2) is 23.0 Å². The number of fused-ring (bicyclic) bond motifs is 1. The third-order valence-electron chi connectivity index (χ3n) is 3.53. The van der Waals surface area contributed by atoms with Crippen molar-refractivity contribution in [3.8, 4) is 5.75 Å². The summed E-state index contributed by atoms with van der Waals surface area (Å²) in [5.41, 5.74) is 3.05. The maximum absolute atomic E-state index is 12.5. The smallest absolute Gasteiger partial charge is 0.269 e. The van der Waals surface area contributed by atoms with Gasteiger partial charge in [-0.15, -0.1) is 0 Å². The van der Waals surface area contributed by atoms with Gasteiger partial charge in [-0.2, -0.15) is 0 Å². The van der Waals surface area contributed by atoms with Crippen LogP contribution in [0.5, 0.6) is 5.75 Å². The molecule has 6 nitrogen and oxygen atoms in total. The Bertz CT molecular complexity index is 903. The van der Waals surface area contributed by atoms with E-state index in [0.29, 0.717) is 22.2 Å². The van der Waals surface area contributed by atoms with Gasteiger partial charge in [0.1, 0.15) is 5.75 Å². The highest BCUT2D eigenvalue weighted by molar-refractivity contribution is 9.10. The molecule has 0 aliphatic heterocycles. The number of nitrogens with zero attached hydrogens (tertiary/aromatic N) is 1. The first-order valence-electron chi connectivity index (χ1n) is 7.13. The summed E-state index contributed by atoms with van der Waals surface area (Å²) < 4.78 is 7.83. The van der Waals surface area contributed by atoms with E-state index in [0.717, 1.165) is 4.47 Å². The fourth-order valence-electron chi connectivity index (χ4n) is 2.39. The van der Waals surface area contributed by atoms with Crippen molar-refractivity contribution in [3.05, 3.63) is 64.8 Å². The highest BCUT2D eigenvalue weighted by Crippen LogP contribution is 2.21. The molecule has 7 heteroatoms. The van der Waals surface area contributed by atoms with Gasteiger partial charge in [-0.1, -0.05) is 34.1 Å². The fourth-order valence-corrected chi connectivity index (χ4v) is 2.65. The summed E-state index contributed by atoms with van der Waals surface area (Å²) in [5, 5.41) is 0.650. The number of halogens is 1. The lowest BCUT2D eigenvalue weighted by atomic mass is 10.2. The summed E-state index contributed by atoms with van der Waals surface area (Å²) >= 11 is 3.34. The molecule has 3 N–H and O–H groups in total. The Labute approximate surface area is 146 Å². The first-order chi connectivity index (χ1) is 11.6. The molecule has 0 aliphatic carbocycles. The van der Waals surface area contributed by atoms with Gasteiger partial charge in [-0.05, 0) is 30.3 Å². The summed E-state index contributed by atoms with van der Waals surface area (Å²) in [4.78, 5) is 24.4. The molecule has 0 radical (unpaired) electrons. The average Bonchev–Trinajstić information content (AvgIpc) is 3.00. The number of hydrogen-bond donors (Lipinski definition) is 2. The molecule has 24 heavy (non-hydrogen) atoms. The van der Waals surface area contributed by atoms with E-state index in [2.05, 4.69) is 21.4 Å². The lowest BCUT2D eigenvalue weighted by Gasteiger charge is -2.07. The van der Waals surface area contributed by atoms with Gasteiger partial charge in [-0.3, -0.25) is 19.6 Å². The van der Waals surface area contributed by atoms with E-state index in [1.807, 2.05) is 12.1 Å². The highest BCUT2D eigenvalue weighted by Gasteiger charge is 2.17. The first kappa shape index (κ1) is 16.2. The number of hydrogen-bond acceptors (Lipinski definition) is 4. The van der Waals surface area contributed by atoms with Crippen LogP contribution in [0.1, 0.15) is 15.2 Å². The fraction of sp³-hybridized carbons (Fsp3) is 0.0588. The number of nitrogen functional groups attached to an aromatic ring is 1. The number of carbonyl (C=O) groups is 2. The van der Waals surface area contributed by atoms with Crippen molar-refractivity contribution in [2.75, 3.05) is 6.61 Å². The minimum atomic E-state index is -0.452. The molecule has 0 saturated carbocycles. The molecule has 0 bridgehead atoms. The van der Waals surface area contributed by atoms with Crippen LogP contribution in [0, 0.1) is 0 Å². The van der Waals surface area contributed by atoms with Gasteiger partial charge in [0.15, 0.2) is 6.61 Å². The number of rotatable bonds is 4. The van der Waals surface area contributed by atoms with Gasteiger partial charge >= 0.3 is 0 Å². The predicted molar refractivity (Wildman–Crippen MR) is 93.9 cm³/mol. The van der Waals surface area contributed by atoms with Crippen LogP contribution in [0.3, 0.4) is 0 Å². The third-order valence-corrected chi connectivity index (χ3v) is 4.06. The normalized spacial score (nSPS) is 10.6. The number of nitrogens with one attached hydrogen (secondary N) is 1. The molecule has 0 fully saturated rings. The van der Waals surface area contributed by atoms with E-state index in [1.54, 1.807) is 36.4 Å². The van der Waals surface area contributed by atoms with Crippen LogP contribution in [0.4, 0.5) is 0 Å². The van der Waals surface area contributed by atoms with Crippen LogP contribution in [-0.2, 0) is 0 Å². The number of carbonyl (C=O) groups excluding carboxylic acids is 2. The number of benzene rings is 2. The van der Waals surface area contributed by atoms with Gasteiger partial charge in [0.2, 0.25) is 0 Å². The first-order valence-corrected chi connectivity index (χ1v) is 7.92. The van der Waals surface area contributed by atoms with E-state index >= 15 is 0 Å². The average molecular weight is 388 g/mol. The van der Waals surface area contributed by atoms with Gasteiger partial charge < -0.3 is 4.74 Å². The van der Waals surface area contributed by atoms with Crippen molar-refractivity contribution >= 4 is 38.6 Å². The zero-order valence-corrected chi connectivity index (χ0v) is 14.1. The maximum Gasteiger partial charge on any atom is 0.269 e. The second-order valence-electron chi connectivity index (χ2n) is 5.04. The van der Waals surface area contributed by atoms with E-state index in [-0.39, 0.29) is 12.5 Å². The Morgan fingerprint density at radius 3 is 2.54 bits per heavy atom. The van der Waals surface area contributed by atoms with Gasteiger partial charge in [0.25, 0.3) is 11.8 Å². The topological polar surface area (TPSA) is 86.4 Å². The van der Waals surface area contributed by atoms with Crippen molar-refractivity contribution in [2.24, 2.45) is 5.84 Å². The molecular weight excluding hydrogens is 374 g/mol. The summed E-state index contributed by atoms with van der Waals surface area (Å²) in [5.74, 6) is 5.05. The summed E-state index contributed by atoms with van der Waals surface area (Å²) in [6, 6.07) is 14.3. The minimum absolute atomic E-state index is 0.149. The molecule has 0 atom stereocenters. The summed E-state index contributed by atoms with van der Waals surface area (Å²) in [7, 11) is 0. The largest absolute Gasteiger partial charge is 0.484 e. The van der Waals surface area contributed by atoms with Crippen LogP contribution in [0.2, 0.25) is 0 Å². The zero-order valence-electron chi connectivity index (χ0n) is 12.5. The van der Waals surface area contributed by atoms with Crippen LogP contribution in [0.25, 0.3) is 10.9 Å². The number of amides is 1. The molecule has 1 amide bonds. The molecule has 1 aromatic heterocycles. The molecule has 0 aliphatic rings. The molecule has 2 aromatic carbocycles. The number of para-hydroxylation sites is 1. The Kier molecular flexibility index (Phi) is 4.64. The van der Waals surface area contributed by atoms with Crippen molar-refractivity contribution in [3.63, 3.8) is 0 Å². The quantitative estimate of drug-likeness (QED) is 0.409. The number of aromatic nitrogens is 1. The van der Waals surface area contributed by atoms with Gasteiger partial charge in [0, 0.05) is 16.1 Å². The Balaban J connectivity index is 1.87. The molecule has 3 rings (SSSR count). The highest BCUT2D eigenvalue weighted by atomic mass is 79.9. The molecule has 0 saturated heterocycles. The predicted octanol–water partition coefficient (Wildman–Crippen LogP) is 2.73. The van der Waals surface area contributed by atoms with E-state index in [1.165, 1.54) is 10.8 Å². The van der Waals surface area contributed by atoms with Gasteiger partial charge in [-0.25, -0.2) is 5.84 Å². The molecule has 0 spiro atoms. The monoisotopic (exact) mass is 387 g/mol. The second kappa shape index (κ2) is 6.86. The van der Waals surface area contributed by atoms with Crippen LogP contribution >= 0.6 is 15.9 Å². The molecule has 1 heterocycles. The van der Waals surface area contributed by atoms with Crippen LogP contribution in [0.15, 0.2) is 59.2 Å². The Morgan fingerprint density at radius 1 is 1.12 bits per heavy atom. The molecule has 122 valence electrons. The maximum atomic E-state index is 12.5. The lowest BCUT2D eigenvalue weighted by Crippen LogP contribution is -2.29. The number of ether oxygens (including phenoxy) is 1. The Morgan fingerprint density at radius 2 is 1.83 bits per heavy atom. The molecular formula is C17H14BrN3O3. The third kappa shape index (κ3) is 3.17.